The summed E-state index contributed by atoms with van der Waals surface area (Å²) in [5, 5.41) is 41.4. The van der Waals surface area contributed by atoms with Crippen LogP contribution >= 0.6 is 23.5 Å². The summed E-state index contributed by atoms with van der Waals surface area (Å²) in [5.41, 5.74) is 7.26. The summed E-state index contributed by atoms with van der Waals surface area (Å²) in [7, 11) is 0. The molecule has 244 valence electrons. The number of phenols is 2. The van der Waals surface area contributed by atoms with Crippen LogP contribution in [0.15, 0.2) is 72.8 Å². The molecule has 4 N–H and O–H groups in total. The second-order valence-electron chi connectivity index (χ2n) is 11.4. The van der Waals surface area contributed by atoms with Gasteiger partial charge in [0.1, 0.15) is 23.0 Å². The molecule has 4 aromatic rings. The van der Waals surface area contributed by atoms with Crippen LogP contribution in [-0.2, 0) is 25.7 Å². The molecule has 0 unspecified atom stereocenters. The number of aromatic hydroxyl groups is 2. The highest BCUT2D eigenvalue weighted by Gasteiger charge is 2.20. The number of ether oxygens (including phenoxy) is 2. The van der Waals surface area contributed by atoms with Gasteiger partial charge in [-0.15, -0.1) is 0 Å². The number of benzene rings is 4. The van der Waals surface area contributed by atoms with Crippen LogP contribution in [0.4, 0.5) is 0 Å². The van der Waals surface area contributed by atoms with Crippen molar-refractivity contribution in [2.45, 2.75) is 38.5 Å². The van der Waals surface area contributed by atoms with Gasteiger partial charge in [-0.1, -0.05) is 72.8 Å². The van der Waals surface area contributed by atoms with Gasteiger partial charge in [-0.3, -0.25) is 0 Å². The zero-order valence-electron chi connectivity index (χ0n) is 26.2. The maximum atomic E-state index is 11.6. The largest absolute Gasteiger partial charge is 0.507 e. The summed E-state index contributed by atoms with van der Waals surface area (Å²) in [4.78, 5) is 0. The van der Waals surface area contributed by atoms with Gasteiger partial charge in [0.2, 0.25) is 0 Å². The lowest BCUT2D eigenvalue weighted by atomic mass is 9.91. The van der Waals surface area contributed by atoms with Crippen molar-refractivity contribution in [1.82, 2.24) is 0 Å². The Morgan fingerprint density at radius 1 is 0.457 bits per heavy atom. The highest BCUT2D eigenvalue weighted by molar-refractivity contribution is 7.99. The minimum Gasteiger partial charge on any atom is -0.507 e. The Morgan fingerprint density at radius 2 is 0.761 bits per heavy atom. The Bertz CT molecular complexity index is 1370. The van der Waals surface area contributed by atoms with E-state index in [0.29, 0.717) is 38.9 Å². The predicted molar refractivity (Wildman–Crippen MR) is 189 cm³/mol. The Balaban J connectivity index is 1.53. The lowest BCUT2D eigenvalue weighted by Crippen LogP contribution is -2.08. The molecular weight excluding hydrogens is 617 g/mol. The van der Waals surface area contributed by atoms with E-state index in [1.165, 1.54) is 0 Å². The summed E-state index contributed by atoms with van der Waals surface area (Å²) >= 11 is 3.42. The van der Waals surface area contributed by atoms with E-state index in [-0.39, 0.29) is 24.7 Å². The van der Waals surface area contributed by atoms with Crippen LogP contribution in [0.1, 0.15) is 57.3 Å². The number of thioether (sulfide) groups is 2. The third-order valence-electron chi connectivity index (χ3n) is 8.12. The molecule has 0 spiro atoms. The van der Waals surface area contributed by atoms with E-state index < -0.39 is 0 Å². The second kappa shape index (κ2) is 17.6. The van der Waals surface area contributed by atoms with E-state index in [9.17, 15) is 10.2 Å². The van der Waals surface area contributed by atoms with Gasteiger partial charge in [-0.25, -0.2) is 0 Å². The molecule has 5 rings (SSSR count). The van der Waals surface area contributed by atoms with Crippen molar-refractivity contribution >= 4 is 23.5 Å². The van der Waals surface area contributed by atoms with Crippen molar-refractivity contribution in [3.8, 4) is 23.0 Å². The zero-order valence-corrected chi connectivity index (χ0v) is 27.9. The number of hydrogen-bond donors (Lipinski definition) is 4. The van der Waals surface area contributed by atoms with Crippen molar-refractivity contribution in [2.24, 2.45) is 0 Å². The van der Waals surface area contributed by atoms with Gasteiger partial charge in [0, 0.05) is 37.2 Å². The smallest absolute Gasteiger partial charge is 0.126 e. The van der Waals surface area contributed by atoms with Crippen LogP contribution in [0.2, 0.25) is 0 Å². The first-order valence-electron chi connectivity index (χ1n) is 16.0. The first-order valence-corrected chi connectivity index (χ1v) is 18.3. The van der Waals surface area contributed by atoms with Crippen LogP contribution < -0.4 is 9.47 Å². The molecule has 0 fully saturated rings. The van der Waals surface area contributed by atoms with Crippen LogP contribution in [0.3, 0.4) is 0 Å². The average Bonchev–Trinajstić information content (AvgIpc) is 3.05. The summed E-state index contributed by atoms with van der Waals surface area (Å²) in [6, 6.07) is 24.1. The molecule has 0 saturated carbocycles. The van der Waals surface area contributed by atoms with Gasteiger partial charge in [-0.2, -0.15) is 23.5 Å². The van der Waals surface area contributed by atoms with Crippen LogP contribution in [-0.4, -0.2) is 69.9 Å². The molecule has 0 heterocycles. The van der Waals surface area contributed by atoms with Crippen molar-refractivity contribution in [2.75, 3.05) is 49.4 Å². The van der Waals surface area contributed by atoms with Gasteiger partial charge < -0.3 is 29.9 Å². The van der Waals surface area contributed by atoms with Gasteiger partial charge in [-0.05, 0) is 68.9 Å². The molecule has 1 aliphatic rings. The second-order valence-corrected chi connectivity index (χ2v) is 13.9. The van der Waals surface area contributed by atoms with Crippen molar-refractivity contribution in [3.05, 3.63) is 117 Å². The van der Waals surface area contributed by atoms with E-state index in [0.717, 1.165) is 91.9 Å². The number of phenolic OH excluding ortho intramolecular Hbond substituents is 2. The Morgan fingerprint density at radius 3 is 1.07 bits per heavy atom. The van der Waals surface area contributed by atoms with E-state index in [1.807, 2.05) is 48.5 Å². The third kappa shape index (κ3) is 8.94. The molecule has 0 amide bonds. The molecule has 0 radical (unpaired) electrons. The van der Waals surface area contributed by atoms with Gasteiger partial charge in [0.25, 0.3) is 0 Å². The Kier molecular flexibility index (Phi) is 13.0. The molecule has 46 heavy (non-hydrogen) atoms. The van der Waals surface area contributed by atoms with Crippen molar-refractivity contribution < 1.29 is 29.9 Å². The molecular formula is C38H44O6S2. The molecule has 0 aromatic heterocycles. The molecule has 0 saturated heterocycles. The highest BCUT2D eigenvalue weighted by atomic mass is 32.2. The molecule has 8 heteroatoms. The number of aliphatic hydroxyl groups is 2. The molecule has 1 aliphatic carbocycles. The van der Waals surface area contributed by atoms with E-state index in [2.05, 4.69) is 24.3 Å². The van der Waals surface area contributed by atoms with Gasteiger partial charge in [0.15, 0.2) is 0 Å². The minimum atomic E-state index is 0.175. The Hall–Kier alpha value is -3.30. The van der Waals surface area contributed by atoms with Crippen LogP contribution in [0, 0.1) is 0 Å². The van der Waals surface area contributed by atoms with Crippen LogP contribution in [0.25, 0.3) is 0 Å². The first kappa shape index (κ1) is 34.0. The number of hydrogen-bond acceptors (Lipinski definition) is 8. The first-order chi connectivity index (χ1) is 22.6. The summed E-state index contributed by atoms with van der Waals surface area (Å²) in [6.45, 7) is 1.43. The third-order valence-corrected chi connectivity index (χ3v) is 10.2. The standard InChI is InChI=1S/C38H44O6S2/c39-15-21-45-19-5-17-43-37-31-11-3-13-33(37)25-29-9-2-10-30(36(29)42)26-34-14-4-12-32(38(34)44-18-6-20-46-22-16-40)24-28-8-1-7-27(23-31)35(28)41/h1-4,7-14,39-42H,5-6,15-26H2. The number of aliphatic hydroxyl groups excluding tert-OH is 2. The lowest BCUT2D eigenvalue weighted by Gasteiger charge is -2.20. The zero-order chi connectivity index (χ0) is 32.1. The average molecular weight is 661 g/mol. The molecule has 6 nitrogen and oxygen atoms in total. The fraction of sp³-hybridized carbons (Fsp3) is 0.368. The quantitative estimate of drug-likeness (QED) is 0.0970. The SMILES string of the molecule is OCCSCCCOc1c2cccc1Cc1cccc(c1O)Cc1cccc(c1OCCCSCCO)Cc1cccc(c1O)C2. The Labute approximate surface area is 280 Å². The van der Waals surface area contributed by atoms with E-state index in [1.54, 1.807) is 23.5 Å². The monoisotopic (exact) mass is 660 g/mol. The maximum absolute atomic E-state index is 11.6. The molecule has 4 aromatic carbocycles. The normalized spacial score (nSPS) is 12.6. The summed E-state index contributed by atoms with van der Waals surface area (Å²) < 4.78 is 12.9. The van der Waals surface area contributed by atoms with Crippen LogP contribution in [0.5, 0.6) is 23.0 Å². The van der Waals surface area contributed by atoms with Crippen molar-refractivity contribution in [3.63, 3.8) is 0 Å². The van der Waals surface area contributed by atoms with Gasteiger partial charge >= 0.3 is 0 Å². The molecule has 0 atom stereocenters. The number of rotatable bonds is 14. The fourth-order valence-electron chi connectivity index (χ4n) is 5.89. The number of fused-ring (bicyclic) bond motifs is 8. The van der Waals surface area contributed by atoms with Crippen molar-refractivity contribution in [1.29, 1.82) is 0 Å². The van der Waals surface area contributed by atoms with E-state index >= 15 is 0 Å². The topological polar surface area (TPSA) is 99.4 Å². The summed E-state index contributed by atoms with van der Waals surface area (Å²) in [6.07, 6.45) is 3.71. The predicted octanol–water partition coefficient (Wildman–Crippen LogP) is 6.76. The maximum Gasteiger partial charge on any atom is 0.126 e. The molecule has 8 bridgehead atoms. The fourth-order valence-corrected chi connectivity index (χ4v) is 7.20. The number of para-hydroxylation sites is 4. The summed E-state index contributed by atoms with van der Waals surface area (Å²) in [5.74, 6) is 5.40. The molecule has 0 aliphatic heterocycles. The van der Waals surface area contributed by atoms with E-state index in [4.69, 9.17) is 19.7 Å². The minimum absolute atomic E-state index is 0.175. The lowest BCUT2D eigenvalue weighted by molar-refractivity contribution is 0.311. The van der Waals surface area contributed by atoms with Gasteiger partial charge in [0.05, 0.1) is 26.4 Å². The highest BCUT2D eigenvalue weighted by Crippen LogP contribution is 2.38.